The Kier molecular flexibility index (Phi) is 7.92. The molecule has 218 valence electrons. The number of thiophene rings is 1. The van der Waals surface area contributed by atoms with Crippen LogP contribution in [0.15, 0.2) is 47.4 Å². The zero-order valence-electron chi connectivity index (χ0n) is 23.6. The average molecular weight is 617 g/mol. The Balaban J connectivity index is 1.59. The number of aliphatic carboxylic acids is 1. The Bertz CT molecular complexity index is 1730. The van der Waals surface area contributed by atoms with Gasteiger partial charge in [-0.15, -0.1) is 16.4 Å². The molecule has 0 saturated heterocycles. The number of aryl methyl sites for hydroxylation is 2. The maximum atomic E-state index is 13.7. The third kappa shape index (κ3) is 5.13. The largest absolute Gasteiger partial charge is 0.488 e. The number of benzene rings is 2. The fourth-order valence-electron chi connectivity index (χ4n) is 5.42. The van der Waals surface area contributed by atoms with E-state index in [0.29, 0.717) is 28.6 Å². The van der Waals surface area contributed by atoms with E-state index in [1.54, 1.807) is 42.8 Å². The van der Waals surface area contributed by atoms with Crippen molar-refractivity contribution in [2.45, 2.75) is 71.0 Å². The van der Waals surface area contributed by atoms with Crippen molar-refractivity contribution >= 4 is 50.0 Å². The number of para-hydroxylation sites is 1. The van der Waals surface area contributed by atoms with Crippen LogP contribution in [0.25, 0.3) is 11.0 Å². The third-order valence-corrected chi connectivity index (χ3v) is 11.3. The van der Waals surface area contributed by atoms with Crippen molar-refractivity contribution < 1.29 is 23.1 Å². The number of sulfonamides is 1. The van der Waals surface area contributed by atoms with Crippen LogP contribution in [0.3, 0.4) is 0 Å². The van der Waals surface area contributed by atoms with Gasteiger partial charge in [0.25, 0.3) is 0 Å². The van der Waals surface area contributed by atoms with E-state index in [1.165, 1.54) is 15.6 Å². The molecule has 2 aromatic carbocycles. The topological polar surface area (TPSA) is 115 Å². The van der Waals surface area contributed by atoms with Crippen molar-refractivity contribution in [2.75, 3.05) is 6.54 Å². The van der Waals surface area contributed by atoms with E-state index in [0.717, 1.165) is 27.0 Å². The molecule has 41 heavy (non-hydrogen) atoms. The summed E-state index contributed by atoms with van der Waals surface area (Å²) in [4.78, 5) is 13.4. The molecule has 0 bridgehead atoms. The lowest BCUT2D eigenvalue weighted by molar-refractivity contribution is -0.147. The van der Waals surface area contributed by atoms with Gasteiger partial charge in [0.1, 0.15) is 22.3 Å². The number of carbonyl (C=O) groups is 1. The van der Waals surface area contributed by atoms with Crippen LogP contribution in [0.1, 0.15) is 61.6 Å². The van der Waals surface area contributed by atoms with Crippen LogP contribution in [0.2, 0.25) is 4.34 Å². The predicted octanol–water partition coefficient (Wildman–Crippen LogP) is 6.08. The van der Waals surface area contributed by atoms with Crippen LogP contribution in [-0.4, -0.2) is 51.4 Å². The smallest absolute Gasteiger partial charge is 0.310 e. The van der Waals surface area contributed by atoms with Crippen molar-refractivity contribution in [2.24, 2.45) is 5.41 Å². The second-order valence-electron chi connectivity index (χ2n) is 10.9. The summed E-state index contributed by atoms with van der Waals surface area (Å²) in [5.41, 5.74) is 2.67. The molecule has 3 heterocycles. The molecule has 1 unspecified atom stereocenters. The molecule has 0 amide bonds. The van der Waals surface area contributed by atoms with Crippen molar-refractivity contribution in [1.82, 2.24) is 19.3 Å². The van der Waals surface area contributed by atoms with E-state index in [4.69, 9.17) is 16.3 Å². The third-order valence-electron chi connectivity index (χ3n) is 7.90. The lowest BCUT2D eigenvalue weighted by atomic mass is 9.72. The molecule has 2 atom stereocenters. The summed E-state index contributed by atoms with van der Waals surface area (Å²) in [6.45, 7) is 10.1. The van der Waals surface area contributed by atoms with Gasteiger partial charge in [-0.2, -0.15) is 4.31 Å². The van der Waals surface area contributed by atoms with Gasteiger partial charge in [0.2, 0.25) is 10.0 Å². The van der Waals surface area contributed by atoms with Crippen LogP contribution in [0.4, 0.5) is 0 Å². The highest BCUT2D eigenvalue weighted by Crippen LogP contribution is 2.48. The van der Waals surface area contributed by atoms with E-state index in [2.05, 4.69) is 10.3 Å². The monoisotopic (exact) mass is 616 g/mol. The van der Waals surface area contributed by atoms with Gasteiger partial charge in [0, 0.05) is 23.9 Å². The van der Waals surface area contributed by atoms with Crippen LogP contribution < -0.4 is 4.74 Å². The summed E-state index contributed by atoms with van der Waals surface area (Å²) in [6.07, 6.45) is 0.303. The first-order valence-electron chi connectivity index (χ1n) is 13.5. The number of hydrogen-bond donors (Lipinski definition) is 1. The van der Waals surface area contributed by atoms with Gasteiger partial charge in [-0.1, -0.05) is 41.9 Å². The molecule has 0 saturated carbocycles. The number of halogens is 1. The molecule has 4 aromatic rings. The summed E-state index contributed by atoms with van der Waals surface area (Å²) in [5.74, 6) is -1.19. The van der Waals surface area contributed by atoms with Crippen LogP contribution in [0, 0.1) is 12.3 Å². The Morgan fingerprint density at radius 2 is 1.98 bits per heavy atom. The Morgan fingerprint density at radius 1 is 1.24 bits per heavy atom. The van der Waals surface area contributed by atoms with Gasteiger partial charge in [0.15, 0.2) is 0 Å². The first kappa shape index (κ1) is 29.5. The first-order chi connectivity index (χ1) is 19.4. The maximum absolute atomic E-state index is 13.7. The second-order valence-corrected chi connectivity index (χ2v) is 14.4. The standard InChI is InChI=1S/C29H33ClN4O5S2/c1-6-19-16-33(41(37,38)24-11-9-8-10-22(24)39-19)15-18-14-23(40-27(18)30)25(29(4,5)28(35)36)20-12-13-21-26(17(20)3)31-32-34(21)7-2/h8-14,19,25H,6-7,15-16H2,1-5H3,(H,35,36)/t19-,25?/m1/s1. The van der Waals surface area contributed by atoms with E-state index in [-0.39, 0.29) is 24.1 Å². The molecule has 9 nitrogen and oxygen atoms in total. The Morgan fingerprint density at radius 3 is 2.66 bits per heavy atom. The van der Waals surface area contributed by atoms with Crippen molar-refractivity contribution in [3.8, 4) is 5.75 Å². The zero-order chi connectivity index (χ0) is 29.7. The average Bonchev–Trinajstić information content (AvgIpc) is 3.49. The molecule has 0 radical (unpaired) electrons. The minimum absolute atomic E-state index is 0.0366. The van der Waals surface area contributed by atoms with Gasteiger partial charge < -0.3 is 9.84 Å². The lowest BCUT2D eigenvalue weighted by Crippen LogP contribution is -2.36. The molecule has 1 aliphatic rings. The summed E-state index contributed by atoms with van der Waals surface area (Å²) in [7, 11) is -3.87. The van der Waals surface area contributed by atoms with E-state index >= 15 is 0 Å². The molecule has 2 aromatic heterocycles. The number of aromatic nitrogens is 3. The van der Waals surface area contributed by atoms with Gasteiger partial charge in [0.05, 0.1) is 21.8 Å². The van der Waals surface area contributed by atoms with Gasteiger partial charge in [-0.3, -0.25) is 4.79 Å². The maximum Gasteiger partial charge on any atom is 0.310 e. The summed E-state index contributed by atoms with van der Waals surface area (Å²) >= 11 is 8.06. The Hall–Kier alpha value is -2.99. The van der Waals surface area contributed by atoms with Crippen LogP contribution >= 0.6 is 22.9 Å². The molecule has 0 fully saturated rings. The molecule has 12 heteroatoms. The number of fused-ring (bicyclic) bond motifs is 2. The van der Waals surface area contributed by atoms with E-state index in [9.17, 15) is 18.3 Å². The molecular weight excluding hydrogens is 584 g/mol. The van der Waals surface area contributed by atoms with Crippen molar-refractivity contribution in [3.05, 3.63) is 68.4 Å². The summed E-state index contributed by atoms with van der Waals surface area (Å²) in [5, 5.41) is 18.9. The number of carboxylic acids is 1. The predicted molar refractivity (Wildman–Crippen MR) is 159 cm³/mol. The quantitative estimate of drug-likeness (QED) is 0.255. The molecule has 0 aliphatic carbocycles. The number of carboxylic acid groups (broad SMARTS) is 1. The Labute approximate surface area is 248 Å². The SMILES string of the molecule is CC[C@@H]1CN(Cc2cc(C(c3ccc4c(nnn4CC)c3C)C(C)(C)C(=O)O)sc2Cl)S(=O)(=O)c2ccccc2O1. The van der Waals surface area contributed by atoms with Crippen molar-refractivity contribution in [1.29, 1.82) is 0 Å². The molecular formula is C29H33ClN4O5S2. The molecule has 0 spiro atoms. The normalized spacial score (nSPS) is 18.0. The van der Waals surface area contributed by atoms with Gasteiger partial charge in [-0.25, -0.2) is 13.1 Å². The number of ether oxygens (including phenoxy) is 1. The minimum Gasteiger partial charge on any atom is -0.488 e. The highest BCUT2D eigenvalue weighted by atomic mass is 35.5. The van der Waals surface area contributed by atoms with E-state index < -0.39 is 27.3 Å². The molecule has 5 rings (SSSR count). The lowest BCUT2D eigenvalue weighted by Gasteiger charge is -2.31. The fraction of sp³-hybridized carbons (Fsp3) is 0.414. The van der Waals surface area contributed by atoms with Crippen molar-refractivity contribution in [3.63, 3.8) is 0 Å². The van der Waals surface area contributed by atoms with Gasteiger partial charge >= 0.3 is 5.97 Å². The number of rotatable bonds is 8. The van der Waals surface area contributed by atoms with Gasteiger partial charge in [-0.05, 0) is 75.1 Å². The van der Waals surface area contributed by atoms with Crippen LogP contribution in [0.5, 0.6) is 5.75 Å². The first-order valence-corrected chi connectivity index (χ1v) is 16.1. The summed E-state index contributed by atoms with van der Waals surface area (Å²) < 4.78 is 37.1. The highest BCUT2D eigenvalue weighted by molar-refractivity contribution is 7.89. The minimum atomic E-state index is -3.87. The second kappa shape index (κ2) is 11.0. The summed E-state index contributed by atoms with van der Waals surface area (Å²) in [6, 6.07) is 12.4. The number of hydrogen-bond acceptors (Lipinski definition) is 7. The molecule has 1 N–H and O–H groups in total. The van der Waals surface area contributed by atoms with Crippen LogP contribution in [-0.2, 0) is 27.9 Å². The fourth-order valence-corrected chi connectivity index (χ4v) is 8.58. The molecule has 1 aliphatic heterocycles. The van der Waals surface area contributed by atoms with E-state index in [1.807, 2.05) is 39.0 Å². The number of nitrogens with zero attached hydrogens (tertiary/aromatic N) is 4. The highest BCUT2D eigenvalue weighted by Gasteiger charge is 2.42. The zero-order valence-corrected chi connectivity index (χ0v) is 26.0.